The van der Waals surface area contributed by atoms with Gasteiger partial charge in [0.15, 0.2) is 11.9 Å². The summed E-state index contributed by atoms with van der Waals surface area (Å²) in [5.41, 5.74) is 0.958. The van der Waals surface area contributed by atoms with Crippen LogP contribution in [0.4, 0.5) is 0 Å². The maximum Gasteiger partial charge on any atom is 0.311 e. The highest BCUT2D eigenvalue weighted by atomic mass is 35.5. The smallest absolute Gasteiger partial charge is 0.311 e. The van der Waals surface area contributed by atoms with Crippen LogP contribution in [-0.4, -0.2) is 50.1 Å². The number of hydrogen-bond acceptors (Lipinski definition) is 6. The molecular formula is C22H21ClN2O5S. The van der Waals surface area contributed by atoms with Gasteiger partial charge >= 0.3 is 5.97 Å². The fraction of sp³-hybridized carbons (Fsp3) is 0.318. The predicted octanol–water partition coefficient (Wildman–Crippen LogP) is 3.32. The molecule has 2 aromatic carbocycles. The second-order valence-corrected chi connectivity index (χ2v) is 9.63. The van der Waals surface area contributed by atoms with Crippen LogP contribution in [0.1, 0.15) is 35.7 Å². The third-order valence-electron chi connectivity index (χ3n) is 5.46. The summed E-state index contributed by atoms with van der Waals surface area (Å²) >= 11 is 5.85. The number of carbonyl (C=O) groups excluding carboxylic acids is 2. The summed E-state index contributed by atoms with van der Waals surface area (Å²) in [4.78, 5) is 27.3. The number of likely N-dealkylation sites (tertiary alicyclic amines) is 1. The number of fused-ring (bicyclic) bond motifs is 1. The lowest BCUT2D eigenvalue weighted by Crippen LogP contribution is -2.43. The minimum absolute atomic E-state index is 0.178. The number of hydrogen-bond donors (Lipinski definition) is 0. The predicted molar refractivity (Wildman–Crippen MR) is 116 cm³/mol. The van der Waals surface area contributed by atoms with Gasteiger partial charge in [0.05, 0.1) is 5.92 Å². The third-order valence-corrected chi connectivity index (χ3v) is 7.03. The molecule has 0 aliphatic carbocycles. The van der Waals surface area contributed by atoms with Gasteiger partial charge in [0.1, 0.15) is 4.90 Å². The Kier molecular flexibility index (Phi) is 5.85. The summed E-state index contributed by atoms with van der Waals surface area (Å²) < 4.78 is 34.1. The molecule has 162 valence electrons. The normalized spacial score (nSPS) is 20.5. The Morgan fingerprint density at radius 3 is 2.61 bits per heavy atom. The maximum absolute atomic E-state index is 12.8. The van der Waals surface area contributed by atoms with Crippen molar-refractivity contribution in [3.05, 3.63) is 64.7 Å². The number of ketones is 1. The van der Waals surface area contributed by atoms with Crippen molar-refractivity contribution in [2.24, 2.45) is 10.3 Å². The number of halogens is 1. The van der Waals surface area contributed by atoms with Gasteiger partial charge in [-0.2, -0.15) is 8.42 Å². The van der Waals surface area contributed by atoms with Crippen molar-refractivity contribution in [3.63, 3.8) is 0 Å². The summed E-state index contributed by atoms with van der Waals surface area (Å²) in [6.45, 7) is 2.41. The second-order valence-electron chi connectivity index (χ2n) is 7.62. The minimum atomic E-state index is -3.73. The number of esters is 1. The summed E-state index contributed by atoms with van der Waals surface area (Å²) in [6.07, 6.45) is 0.341. The molecule has 2 aliphatic rings. The Labute approximate surface area is 185 Å². The average molecular weight is 461 g/mol. The van der Waals surface area contributed by atoms with E-state index in [4.69, 9.17) is 16.3 Å². The molecule has 9 heteroatoms. The standard InChI is InChI=1S/C22H21ClN2O5S/c1-14(20(26)15-8-10-17(23)11-9-15)30-22(27)16-5-4-12-25(13-16)21-18-6-2-3-7-19(18)31(28,29)24-21/h2-3,6-11,14,16H,4-5,12-13H2,1H3. The monoisotopic (exact) mass is 460 g/mol. The van der Waals surface area contributed by atoms with Crippen LogP contribution in [0.25, 0.3) is 0 Å². The van der Waals surface area contributed by atoms with Gasteiger partial charge < -0.3 is 9.64 Å². The summed E-state index contributed by atoms with van der Waals surface area (Å²) in [7, 11) is -3.73. The molecule has 0 aromatic heterocycles. The van der Waals surface area contributed by atoms with E-state index in [1.54, 1.807) is 49.4 Å². The number of piperidine rings is 1. The van der Waals surface area contributed by atoms with E-state index < -0.39 is 28.0 Å². The number of Topliss-reactive ketones (excluding diaryl/α,β-unsaturated/α-hetero) is 1. The molecule has 2 aliphatic heterocycles. The Hall–Kier alpha value is -2.71. The highest BCUT2D eigenvalue weighted by Gasteiger charge is 2.36. The fourth-order valence-corrected chi connectivity index (χ4v) is 5.20. The molecule has 0 saturated carbocycles. The van der Waals surface area contributed by atoms with E-state index in [1.165, 1.54) is 6.07 Å². The molecule has 0 amide bonds. The van der Waals surface area contributed by atoms with Gasteiger partial charge in [0.2, 0.25) is 5.78 Å². The molecule has 4 rings (SSSR count). The number of rotatable bonds is 4. The Morgan fingerprint density at radius 1 is 1.16 bits per heavy atom. The van der Waals surface area contributed by atoms with Crippen molar-refractivity contribution < 1.29 is 22.7 Å². The van der Waals surface area contributed by atoms with Crippen LogP contribution in [0.15, 0.2) is 57.8 Å². The van der Waals surface area contributed by atoms with Gasteiger partial charge in [-0.15, -0.1) is 4.40 Å². The molecule has 31 heavy (non-hydrogen) atoms. The quantitative estimate of drug-likeness (QED) is 0.513. The highest BCUT2D eigenvalue weighted by Crippen LogP contribution is 2.30. The van der Waals surface area contributed by atoms with E-state index in [2.05, 4.69) is 4.40 Å². The lowest BCUT2D eigenvalue weighted by Gasteiger charge is -2.33. The van der Waals surface area contributed by atoms with Gasteiger partial charge in [-0.1, -0.05) is 23.7 Å². The highest BCUT2D eigenvalue weighted by molar-refractivity contribution is 7.90. The number of ether oxygens (including phenoxy) is 1. The van der Waals surface area contributed by atoms with Crippen molar-refractivity contribution in [2.45, 2.75) is 30.8 Å². The summed E-state index contributed by atoms with van der Waals surface area (Å²) in [6, 6.07) is 13.1. The first-order chi connectivity index (χ1) is 14.8. The number of nitrogens with zero attached hydrogens (tertiary/aromatic N) is 2. The molecule has 0 N–H and O–H groups in total. The number of sulfonamides is 1. The molecule has 2 unspecified atom stereocenters. The SMILES string of the molecule is CC(OC(=O)C1CCCN(C2=NS(=O)(=O)c3ccccc32)C1)C(=O)c1ccc(Cl)cc1. The van der Waals surface area contributed by atoms with E-state index in [0.717, 1.165) is 0 Å². The molecular weight excluding hydrogens is 440 g/mol. The van der Waals surface area contributed by atoms with Crippen molar-refractivity contribution in [2.75, 3.05) is 13.1 Å². The lowest BCUT2D eigenvalue weighted by molar-refractivity contribution is -0.152. The second kappa shape index (κ2) is 8.43. The zero-order valence-corrected chi connectivity index (χ0v) is 18.4. The molecule has 1 saturated heterocycles. The van der Waals surface area contributed by atoms with E-state index in [1.807, 2.05) is 4.90 Å². The number of carbonyl (C=O) groups is 2. The Bertz CT molecular complexity index is 1160. The summed E-state index contributed by atoms with van der Waals surface area (Å²) in [5, 5.41) is 0.516. The lowest BCUT2D eigenvalue weighted by atomic mass is 9.97. The third kappa shape index (κ3) is 4.36. The molecule has 7 nitrogen and oxygen atoms in total. The van der Waals surface area contributed by atoms with Crippen molar-refractivity contribution >= 4 is 39.2 Å². The number of amidine groups is 1. The molecule has 1 fully saturated rings. The fourth-order valence-electron chi connectivity index (χ4n) is 3.85. The average Bonchev–Trinajstić information content (AvgIpc) is 3.05. The number of benzene rings is 2. The van der Waals surface area contributed by atoms with Crippen LogP contribution in [-0.2, 0) is 19.6 Å². The van der Waals surface area contributed by atoms with Gasteiger partial charge in [-0.25, -0.2) is 0 Å². The van der Waals surface area contributed by atoms with E-state index >= 15 is 0 Å². The summed E-state index contributed by atoms with van der Waals surface area (Å²) in [5.74, 6) is -0.905. The zero-order chi connectivity index (χ0) is 22.2. The van der Waals surface area contributed by atoms with Crippen molar-refractivity contribution in [1.82, 2.24) is 4.90 Å². The van der Waals surface area contributed by atoms with Gasteiger partial charge in [-0.3, -0.25) is 9.59 Å². The first-order valence-electron chi connectivity index (χ1n) is 9.96. The molecule has 0 radical (unpaired) electrons. The van der Waals surface area contributed by atoms with Crippen LogP contribution in [0.5, 0.6) is 0 Å². The Morgan fingerprint density at radius 2 is 1.87 bits per heavy atom. The van der Waals surface area contributed by atoms with Crippen LogP contribution in [0.3, 0.4) is 0 Å². The van der Waals surface area contributed by atoms with Gasteiger partial charge in [0.25, 0.3) is 10.0 Å². The largest absolute Gasteiger partial charge is 0.454 e. The van der Waals surface area contributed by atoms with E-state index in [-0.39, 0.29) is 17.2 Å². The van der Waals surface area contributed by atoms with Crippen LogP contribution >= 0.6 is 11.6 Å². The van der Waals surface area contributed by atoms with Crippen LogP contribution in [0.2, 0.25) is 5.02 Å². The zero-order valence-electron chi connectivity index (χ0n) is 16.8. The van der Waals surface area contributed by atoms with Gasteiger partial charge in [0, 0.05) is 29.2 Å². The van der Waals surface area contributed by atoms with Crippen LogP contribution in [0, 0.1) is 5.92 Å². The Balaban J connectivity index is 1.45. The maximum atomic E-state index is 12.8. The molecule has 2 atom stereocenters. The van der Waals surface area contributed by atoms with Crippen molar-refractivity contribution in [3.8, 4) is 0 Å². The van der Waals surface area contributed by atoms with Crippen LogP contribution < -0.4 is 0 Å². The first-order valence-corrected chi connectivity index (χ1v) is 11.8. The topological polar surface area (TPSA) is 93.1 Å². The van der Waals surface area contributed by atoms with Crippen molar-refractivity contribution in [1.29, 1.82) is 0 Å². The van der Waals surface area contributed by atoms with Gasteiger partial charge in [-0.05, 0) is 56.2 Å². The molecule has 0 bridgehead atoms. The first kappa shape index (κ1) is 21.5. The van der Waals surface area contributed by atoms with E-state index in [0.29, 0.717) is 41.4 Å². The molecule has 2 aromatic rings. The molecule has 2 heterocycles. The van der Waals surface area contributed by atoms with E-state index in [9.17, 15) is 18.0 Å². The molecule has 0 spiro atoms. The minimum Gasteiger partial charge on any atom is -0.454 e.